The minimum atomic E-state index is 0.749. The summed E-state index contributed by atoms with van der Waals surface area (Å²) in [5.74, 6) is 0.749. The number of fused-ring (bicyclic) bond motifs is 3. The SMILES string of the molecule is c1ccc(-c2cccc(-c3nc(-c4ccccc4-c4ccccc4)nc4sc5ccccc5c34)c2)cc1. The van der Waals surface area contributed by atoms with Crippen molar-refractivity contribution in [2.75, 3.05) is 0 Å². The number of hydrogen-bond acceptors (Lipinski definition) is 3. The maximum absolute atomic E-state index is 5.28. The molecule has 7 aromatic rings. The van der Waals surface area contributed by atoms with Gasteiger partial charge in [0.25, 0.3) is 0 Å². The highest BCUT2D eigenvalue weighted by atomic mass is 32.1. The molecule has 2 nitrogen and oxygen atoms in total. The highest BCUT2D eigenvalue weighted by molar-refractivity contribution is 7.25. The third-order valence-electron chi connectivity index (χ3n) is 6.73. The van der Waals surface area contributed by atoms with E-state index in [1.807, 2.05) is 6.07 Å². The monoisotopic (exact) mass is 490 g/mol. The molecule has 0 saturated heterocycles. The van der Waals surface area contributed by atoms with Gasteiger partial charge in [-0.2, -0.15) is 0 Å². The minimum Gasteiger partial charge on any atom is -0.227 e. The van der Waals surface area contributed by atoms with Crippen molar-refractivity contribution in [3.63, 3.8) is 0 Å². The average molecular weight is 491 g/mol. The summed E-state index contributed by atoms with van der Waals surface area (Å²) in [6.45, 7) is 0. The number of nitrogens with zero attached hydrogens (tertiary/aromatic N) is 2. The van der Waals surface area contributed by atoms with Crippen LogP contribution in [0.5, 0.6) is 0 Å². The van der Waals surface area contributed by atoms with E-state index in [9.17, 15) is 0 Å². The van der Waals surface area contributed by atoms with Crippen molar-refractivity contribution >= 4 is 31.6 Å². The smallest absolute Gasteiger partial charge is 0.162 e. The van der Waals surface area contributed by atoms with E-state index >= 15 is 0 Å². The van der Waals surface area contributed by atoms with E-state index in [2.05, 4.69) is 127 Å². The van der Waals surface area contributed by atoms with Gasteiger partial charge in [0.1, 0.15) is 4.83 Å². The van der Waals surface area contributed by atoms with Crippen LogP contribution in [-0.4, -0.2) is 9.97 Å². The minimum absolute atomic E-state index is 0.749. The molecule has 0 amide bonds. The van der Waals surface area contributed by atoms with Crippen LogP contribution >= 0.6 is 11.3 Å². The van der Waals surface area contributed by atoms with Gasteiger partial charge < -0.3 is 0 Å². The number of hydrogen-bond donors (Lipinski definition) is 0. The Balaban J connectivity index is 1.51. The van der Waals surface area contributed by atoms with Gasteiger partial charge in [-0.25, -0.2) is 9.97 Å². The molecule has 0 aliphatic heterocycles. The molecule has 0 atom stereocenters. The lowest BCUT2D eigenvalue weighted by Gasteiger charge is -2.12. The quantitative estimate of drug-likeness (QED) is 0.245. The van der Waals surface area contributed by atoms with Crippen LogP contribution in [-0.2, 0) is 0 Å². The van der Waals surface area contributed by atoms with Crippen LogP contribution in [0.1, 0.15) is 0 Å². The maximum atomic E-state index is 5.28. The van der Waals surface area contributed by atoms with Crippen molar-refractivity contribution in [1.82, 2.24) is 9.97 Å². The first kappa shape index (κ1) is 21.7. The van der Waals surface area contributed by atoms with Crippen molar-refractivity contribution in [1.29, 1.82) is 0 Å². The van der Waals surface area contributed by atoms with Crippen LogP contribution in [0.3, 0.4) is 0 Å². The van der Waals surface area contributed by atoms with E-state index in [1.54, 1.807) is 11.3 Å². The lowest BCUT2D eigenvalue weighted by Crippen LogP contribution is -1.95. The number of thiophene rings is 1. The first-order valence-corrected chi connectivity index (χ1v) is 13.2. The first-order chi connectivity index (χ1) is 18.3. The summed E-state index contributed by atoms with van der Waals surface area (Å²) < 4.78 is 1.22. The molecule has 3 heteroatoms. The van der Waals surface area contributed by atoms with E-state index < -0.39 is 0 Å². The van der Waals surface area contributed by atoms with Gasteiger partial charge in [-0.05, 0) is 34.4 Å². The fraction of sp³-hybridized carbons (Fsp3) is 0. The van der Waals surface area contributed by atoms with Crippen LogP contribution in [0, 0.1) is 0 Å². The van der Waals surface area contributed by atoms with Crippen molar-refractivity contribution in [3.8, 4) is 44.9 Å². The Morgan fingerprint density at radius 1 is 0.459 bits per heavy atom. The molecule has 0 aliphatic carbocycles. The predicted molar refractivity (Wildman–Crippen MR) is 157 cm³/mol. The van der Waals surface area contributed by atoms with Crippen LogP contribution in [0.15, 0.2) is 133 Å². The lowest BCUT2D eigenvalue weighted by atomic mass is 9.98. The molecule has 0 spiro atoms. The number of benzene rings is 5. The van der Waals surface area contributed by atoms with Crippen molar-refractivity contribution in [2.24, 2.45) is 0 Å². The normalized spacial score (nSPS) is 11.2. The average Bonchev–Trinajstić information content (AvgIpc) is 3.36. The first-order valence-electron chi connectivity index (χ1n) is 12.4. The maximum Gasteiger partial charge on any atom is 0.162 e. The van der Waals surface area contributed by atoms with E-state index in [4.69, 9.17) is 9.97 Å². The fourth-order valence-electron chi connectivity index (χ4n) is 4.98. The van der Waals surface area contributed by atoms with Crippen LogP contribution in [0.25, 0.3) is 65.2 Å². The molecule has 2 aromatic heterocycles. The van der Waals surface area contributed by atoms with E-state index in [0.717, 1.165) is 44.0 Å². The third kappa shape index (κ3) is 3.90. The van der Waals surface area contributed by atoms with E-state index in [1.165, 1.54) is 21.2 Å². The van der Waals surface area contributed by atoms with E-state index in [0.29, 0.717) is 0 Å². The molecule has 0 unspecified atom stereocenters. The molecule has 0 bridgehead atoms. The molecule has 0 saturated carbocycles. The Morgan fingerprint density at radius 3 is 1.89 bits per heavy atom. The zero-order chi connectivity index (χ0) is 24.6. The van der Waals surface area contributed by atoms with Crippen LogP contribution in [0.4, 0.5) is 0 Å². The molecule has 7 rings (SSSR count). The van der Waals surface area contributed by atoms with Crippen molar-refractivity contribution in [2.45, 2.75) is 0 Å². The van der Waals surface area contributed by atoms with Crippen LogP contribution < -0.4 is 0 Å². The van der Waals surface area contributed by atoms with Gasteiger partial charge in [0, 0.05) is 26.6 Å². The number of rotatable bonds is 4. The Kier molecular flexibility index (Phi) is 5.34. The topological polar surface area (TPSA) is 25.8 Å². The summed E-state index contributed by atoms with van der Waals surface area (Å²) in [6.07, 6.45) is 0. The number of aromatic nitrogens is 2. The standard InChI is InChI=1S/C34H22N2S/c1-3-12-23(13-4-1)25-16-11-17-26(22-25)32-31-29-20-9-10-21-30(29)37-34(31)36-33(35-32)28-19-8-7-18-27(28)24-14-5-2-6-15-24/h1-22H. The molecular weight excluding hydrogens is 468 g/mol. The third-order valence-corrected chi connectivity index (χ3v) is 7.80. The summed E-state index contributed by atoms with van der Waals surface area (Å²) in [6, 6.07) is 46.6. The van der Waals surface area contributed by atoms with Gasteiger partial charge in [0.15, 0.2) is 5.82 Å². The summed E-state index contributed by atoms with van der Waals surface area (Å²) in [4.78, 5) is 11.4. The van der Waals surface area contributed by atoms with Crippen molar-refractivity contribution < 1.29 is 0 Å². The molecule has 0 aliphatic rings. The molecule has 37 heavy (non-hydrogen) atoms. The molecule has 0 radical (unpaired) electrons. The summed E-state index contributed by atoms with van der Waals surface area (Å²) in [5.41, 5.74) is 7.76. The van der Waals surface area contributed by atoms with Gasteiger partial charge in [-0.1, -0.05) is 121 Å². The molecule has 5 aromatic carbocycles. The second-order valence-corrected chi connectivity index (χ2v) is 10.1. The highest BCUT2D eigenvalue weighted by Crippen LogP contribution is 2.41. The molecule has 0 N–H and O–H groups in total. The second-order valence-electron chi connectivity index (χ2n) is 9.03. The summed E-state index contributed by atoms with van der Waals surface area (Å²) >= 11 is 1.73. The van der Waals surface area contributed by atoms with Gasteiger partial charge >= 0.3 is 0 Å². The van der Waals surface area contributed by atoms with Gasteiger partial charge in [0.2, 0.25) is 0 Å². The Morgan fingerprint density at radius 2 is 1.08 bits per heavy atom. The summed E-state index contributed by atoms with van der Waals surface area (Å²) in [5, 5.41) is 2.32. The zero-order valence-electron chi connectivity index (χ0n) is 20.0. The second kappa shape index (κ2) is 9.12. The van der Waals surface area contributed by atoms with E-state index in [-0.39, 0.29) is 0 Å². The lowest BCUT2D eigenvalue weighted by molar-refractivity contribution is 1.24. The van der Waals surface area contributed by atoms with Crippen molar-refractivity contribution in [3.05, 3.63) is 133 Å². The van der Waals surface area contributed by atoms with Crippen LogP contribution in [0.2, 0.25) is 0 Å². The Hall–Kier alpha value is -4.60. The van der Waals surface area contributed by atoms with Gasteiger partial charge in [0.05, 0.1) is 5.69 Å². The Labute approximate surface area is 219 Å². The predicted octanol–water partition coefficient (Wildman–Crippen LogP) is 9.51. The molecule has 2 heterocycles. The summed E-state index contributed by atoms with van der Waals surface area (Å²) in [7, 11) is 0. The Bertz CT molecular complexity index is 1870. The highest BCUT2D eigenvalue weighted by Gasteiger charge is 2.18. The fourth-order valence-corrected chi connectivity index (χ4v) is 6.05. The van der Waals surface area contributed by atoms with Gasteiger partial charge in [-0.15, -0.1) is 11.3 Å². The zero-order valence-corrected chi connectivity index (χ0v) is 20.8. The molecular formula is C34H22N2S. The molecule has 174 valence electrons. The molecule has 0 fully saturated rings. The van der Waals surface area contributed by atoms with Gasteiger partial charge in [-0.3, -0.25) is 0 Å². The largest absolute Gasteiger partial charge is 0.227 e.